The maximum atomic E-state index is 5.06. The smallest absolute Gasteiger partial charge is 0.394 e. The van der Waals surface area contributed by atoms with Gasteiger partial charge in [-0.1, -0.05) is 26.5 Å². The summed E-state index contributed by atoms with van der Waals surface area (Å²) in [5, 5.41) is 0. The normalized spacial score (nSPS) is 12.4. The van der Waals surface area contributed by atoms with Crippen LogP contribution in [-0.4, -0.2) is 12.7 Å². The van der Waals surface area contributed by atoms with Crippen LogP contribution in [0.2, 0.25) is 0 Å². The third kappa shape index (κ3) is 4.58. The summed E-state index contributed by atoms with van der Waals surface area (Å²) in [4.78, 5) is 3.77. The Bertz CT molecular complexity index is 191. The number of hydrogen-bond acceptors (Lipinski definition) is 3. The second-order valence-corrected chi connectivity index (χ2v) is 1.77. The van der Waals surface area contributed by atoms with Crippen LogP contribution in [0, 0.1) is 0 Å². The lowest BCUT2D eigenvalue weighted by Crippen LogP contribution is -2.07. The maximum Gasteiger partial charge on any atom is 0.394 e. The Hall–Kier alpha value is -1.21. The van der Waals surface area contributed by atoms with Crippen molar-refractivity contribution in [3.05, 3.63) is 18.2 Å². The average molecular weight is 169 g/mol. The highest BCUT2D eigenvalue weighted by Gasteiger charge is 1.98. The number of hydrogen-bond donors (Lipinski definition) is 0. The van der Waals surface area contributed by atoms with Gasteiger partial charge in [-0.3, -0.25) is 0 Å². The summed E-state index contributed by atoms with van der Waals surface area (Å²) in [6.45, 7) is 6.66. The molecule has 0 aliphatic carbocycles. The van der Waals surface area contributed by atoms with Crippen molar-refractivity contribution in [2.45, 2.75) is 27.2 Å². The standard InChI is InChI=1S/C7H9NO2.C2H6/c1-2-5-9-7-8-4-3-6-10-7;1-2/h4,6H,2,5H2,1H3;1-2H3. The molecular formula is C9H15NO2. The number of ether oxygens (including phenoxy) is 2. The van der Waals surface area contributed by atoms with E-state index in [0.29, 0.717) is 12.7 Å². The molecule has 0 N–H and O–H groups in total. The molecule has 0 aromatic heterocycles. The Morgan fingerprint density at radius 2 is 2.33 bits per heavy atom. The fourth-order valence-electron chi connectivity index (χ4n) is 0.496. The van der Waals surface area contributed by atoms with Gasteiger partial charge in [-0.15, -0.1) is 0 Å². The Labute approximate surface area is 73.4 Å². The van der Waals surface area contributed by atoms with Crippen molar-refractivity contribution in [3.8, 4) is 0 Å². The van der Waals surface area contributed by atoms with Crippen molar-refractivity contribution in [2.75, 3.05) is 6.61 Å². The van der Waals surface area contributed by atoms with Crippen molar-refractivity contribution in [1.29, 1.82) is 0 Å². The number of rotatable bonds is 2. The molecule has 0 radical (unpaired) electrons. The lowest BCUT2D eigenvalue weighted by atomic mass is 10.5. The van der Waals surface area contributed by atoms with Gasteiger partial charge in [0, 0.05) is 0 Å². The first kappa shape index (κ1) is 10.8. The molecule has 68 valence electrons. The summed E-state index contributed by atoms with van der Waals surface area (Å²) in [5.74, 6) is 0. The van der Waals surface area contributed by atoms with E-state index in [-0.39, 0.29) is 0 Å². The van der Waals surface area contributed by atoms with Crippen LogP contribution in [0.3, 0.4) is 0 Å². The molecule has 0 aromatic carbocycles. The molecule has 0 unspecified atom stereocenters. The monoisotopic (exact) mass is 169 g/mol. The third-order valence-electron chi connectivity index (χ3n) is 0.902. The Morgan fingerprint density at radius 3 is 2.83 bits per heavy atom. The summed E-state index contributed by atoms with van der Waals surface area (Å²) in [6.07, 6.45) is 4.18. The van der Waals surface area contributed by atoms with Crippen LogP contribution in [0.15, 0.2) is 23.2 Å². The Balaban J connectivity index is 0.000000561. The molecule has 0 bridgehead atoms. The van der Waals surface area contributed by atoms with Crippen LogP contribution in [-0.2, 0) is 9.47 Å². The maximum absolute atomic E-state index is 5.06. The molecule has 0 atom stereocenters. The van der Waals surface area contributed by atoms with Crippen LogP contribution in [0.25, 0.3) is 0 Å². The van der Waals surface area contributed by atoms with Gasteiger partial charge >= 0.3 is 6.08 Å². The zero-order valence-electron chi connectivity index (χ0n) is 7.83. The van der Waals surface area contributed by atoms with E-state index in [4.69, 9.17) is 9.47 Å². The SMILES string of the molecule is CC.CCCOC1=NC=C=CO1. The van der Waals surface area contributed by atoms with E-state index in [2.05, 4.69) is 10.7 Å². The van der Waals surface area contributed by atoms with Gasteiger partial charge in [-0.05, 0) is 6.42 Å². The number of aliphatic imine (C=N–C) groups is 1. The van der Waals surface area contributed by atoms with E-state index in [9.17, 15) is 0 Å². The molecule has 0 spiro atoms. The lowest BCUT2D eigenvalue weighted by Gasteiger charge is -2.04. The molecule has 12 heavy (non-hydrogen) atoms. The van der Waals surface area contributed by atoms with Crippen LogP contribution < -0.4 is 0 Å². The predicted octanol–water partition coefficient (Wildman–Crippen LogP) is 2.45. The van der Waals surface area contributed by atoms with Crippen LogP contribution >= 0.6 is 0 Å². The highest BCUT2D eigenvalue weighted by Crippen LogP contribution is 1.93. The zero-order chi connectivity index (χ0) is 9.23. The Morgan fingerprint density at radius 1 is 1.58 bits per heavy atom. The van der Waals surface area contributed by atoms with E-state index < -0.39 is 0 Å². The largest absolute Gasteiger partial charge is 0.450 e. The first-order valence-corrected chi connectivity index (χ1v) is 4.20. The summed E-state index contributed by atoms with van der Waals surface area (Å²) in [7, 11) is 0. The molecule has 1 rings (SSSR count). The summed E-state index contributed by atoms with van der Waals surface area (Å²) in [6, 6.07) is 0. The molecule has 1 aliphatic heterocycles. The Kier molecular flexibility index (Phi) is 7.10. The van der Waals surface area contributed by atoms with Crippen LogP contribution in [0.4, 0.5) is 0 Å². The first-order valence-electron chi connectivity index (χ1n) is 4.20. The minimum absolute atomic E-state index is 0.306. The second-order valence-electron chi connectivity index (χ2n) is 1.77. The van der Waals surface area contributed by atoms with Crippen LogP contribution in [0.1, 0.15) is 27.2 Å². The quantitative estimate of drug-likeness (QED) is 0.594. The summed E-state index contributed by atoms with van der Waals surface area (Å²) >= 11 is 0. The molecule has 3 heteroatoms. The van der Waals surface area contributed by atoms with E-state index in [1.54, 1.807) is 0 Å². The molecule has 0 saturated carbocycles. The fraction of sp³-hybridized carbons (Fsp3) is 0.556. The molecule has 1 aliphatic rings. The van der Waals surface area contributed by atoms with Gasteiger partial charge in [-0.25, -0.2) is 0 Å². The highest BCUT2D eigenvalue weighted by molar-refractivity contribution is 5.68. The fourth-order valence-corrected chi connectivity index (χ4v) is 0.496. The number of nitrogens with zero attached hydrogens (tertiary/aromatic N) is 1. The van der Waals surface area contributed by atoms with Gasteiger partial charge < -0.3 is 9.47 Å². The van der Waals surface area contributed by atoms with E-state index in [0.717, 1.165) is 6.42 Å². The van der Waals surface area contributed by atoms with E-state index in [1.165, 1.54) is 12.5 Å². The lowest BCUT2D eigenvalue weighted by molar-refractivity contribution is 0.215. The molecule has 1 heterocycles. The van der Waals surface area contributed by atoms with E-state index >= 15 is 0 Å². The average Bonchev–Trinajstić information content (AvgIpc) is 2.19. The van der Waals surface area contributed by atoms with Crippen molar-refractivity contribution >= 4 is 6.08 Å². The minimum Gasteiger partial charge on any atom is -0.450 e. The topological polar surface area (TPSA) is 30.8 Å². The van der Waals surface area contributed by atoms with Crippen molar-refractivity contribution in [2.24, 2.45) is 4.99 Å². The highest BCUT2D eigenvalue weighted by atomic mass is 16.7. The first-order chi connectivity index (χ1) is 5.93. The molecule has 0 amide bonds. The molecular weight excluding hydrogens is 154 g/mol. The zero-order valence-corrected chi connectivity index (χ0v) is 7.83. The molecule has 0 fully saturated rings. The van der Waals surface area contributed by atoms with Gasteiger partial charge in [-0.2, -0.15) is 4.99 Å². The van der Waals surface area contributed by atoms with Gasteiger partial charge in [0.2, 0.25) is 0 Å². The summed E-state index contributed by atoms with van der Waals surface area (Å²) < 4.78 is 9.90. The minimum atomic E-state index is 0.306. The van der Waals surface area contributed by atoms with Gasteiger partial charge in [0.15, 0.2) is 0 Å². The molecule has 0 saturated heterocycles. The van der Waals surface area contributed by atoms with Crippen LogP contribution in [0.5, 0.6) is 0 Å². The predicted molar refractivity (Wildman–Crippen MR) is 48.8 cm³/mol. The van der Waals surface area contributed by atoms with E-state index in [1.807, 2.05) is 20.8 Å². The van der Waals surface area contributed by atoms with Crippen molar-refractivity contribution in [3.63, 3.8) is 0 Å². The summed E-state index contributed by atoms with van der Waals surface area (Å²) in [5.41, 5.74) is 2.65. The molecule has 3 nitrogen and oxygen atoms in total. The third-order valence-corrected chi connectivity index (χ3v) is 0.902. The van der Waals surface area contributed by atoms with Gasteiger partial charge in [0.25, 0.3) is 0 Å². The molecule has 0 aromatic rings. The van der Waals surface area contributed by atoms with Crippen molar-refractivity contribution < 1.29 is 9.47 Å². The second kappa shape index (κ2) is 7.89. The van der Waals surface area contributed by atoms with Gasteiger partial charge in [0.05, 0.1) is 12.8 Å². The van der Waals surface area contributed by atoms with Gasteiger partial charge in [0.1, 0.15) is 6.26 Å². The van der Waals surface area contributed by atoms with Crippen molar-refractivity contribution in [1.82, 2.24) is 0 Å².